The minimum Gasteiger partial charge on any atom is -0.324 e. The van der Waals surface area contributed by atoms with Crippen LogP contribution < -0.4 is 16.0 Å². The Morgan fingerprint density at radius 2 is 1.00 bits per heavy atom. The van der Waals surface area contributed by atoms with E-state index in [4.69, 9.17) is 11.6 Å². The predicted octanol–water partition coefficient (Wildman–Crippen LogP) is 6.37. The standard InChI is InChI=1S/C23H21ClN6/c1-15-5-3-7-19(13-15)26-22-28-21(25-18-11-9-17(24)10-12-18)29-23(30-22)27-20-8-4-6-16(2)14-20/h3-14H,1-2H3,(H3,25,26,27,28,29,30). The van der Waals surface area contributed by atoms with Crippen LogP contribution in [-0.4, -0.2) is 15.0 Å². The minimum absolute atomic E-state index is 0.414. The maximum absolute atomic E-state index is 5.98. The molecular weight excluding hydrogens is 396 g/mol. The van der Waals surface area contributed by atoms with Gasteiger partial charge in [-0.1, -0.05) is 35.9 Å². The van der Waals surface area contributed by atoms with Crippen molar-refractivity contribution in [1.29, 1.82) is 0 Å². The zero-order chi connectivity index (χ0) is 20.9. The number of hydrogen-bond acceptors (Lipinski definition) is 6. The molecule has 1 aromatic heterocycles. The Morgan fingerprint density at radius 1 is 0.567 bits per heavy atom. The lowest BCUT2D eigenvalue weighted by atomic mass is 10.2. The van der Waals surface area contributed by atoms with Crippen LogP contribution in [0.2, 0.25) is 5.02 Å². The molecule has 0 aliphatic heterocycles. The van der Waals surface area contributed by atoms with Gasteiger partial charge in [-0.3, -0.25) is 0 Å². The van der Waals surface area contributed by atoms with E-state index in [1.807, 2.05) is 86.6 Å². The van der Waals surface area contributed by atoms with Gasteiger partial charge in [0.25, 0.3) is 0 Å². The lowest BCUT2D eigenvalue weighted by Gasteiger charge is -2.12. The van der Waals surface area contributed by atoms with E-state index < -0.39 is 0 Å². The molecule has 0 aliphatic rings. The van der Waals surface area contributed by atoms with Crippen LogP contribution in [0.1, 0.15) is 11.1 Å². The van der Waals surface area contributed by atoms with Gasteiger partial charge in [0.05, 0.1) is 0 Å². The van der Waals surface area contributed by atoms with Crippen molar-refractivity contribution in [3.8, 4) is 0 Å². The summed E-state index contributed by atoms with van der Waals surface area (Å²) in [5.41, 5.74) is 4.92. The van der Waals surface area contributed by atoms with Crippen LogP contribution in [0, 0.1) is 13.8 Å². The third-order valence-corrected chi connectivity index (χ3v) is 4.54. The van der Waals surface area contributed by atoms with Gasteiger partial charge in [-0.2, -0.15) is 15.0 Å². The van der Waals surface area contributed by atoms with Crippen LogP contribution in [0.15, 0.2) is 72.8 Å². The maximum atomic E-state index is 5.98. The molecule has 3 aromatic carbocycles. The summed E-state index contributed by atoms with van der Waals surface area (Å²) in [6.45, 7) is 4.08. The van der Waals surface area contributed by atoms with Gasteiger partial charge in [0.15, 0.2) is 0 Å². The van der Waals surface area contributed by atoms with E-state index in [9.17, 15) is 0 Å². The number of aromatic nitrogens is 3. The average Bonchev–Trinajstić information content (AvgIpc) is 2.70. The molecule has 0 aliphatic carbocycles. The first kappa shape index (κ1) is 19.7. The van der Waals surface area contributed by atoms with Gasteiger partial charge < -0.3 is 16.0 Å². The van der Waals surface area contributed by atoms with Crippen molar-refractivity contribution in [2.75, 3.05) is 16.0 Å². The summed E-state index contributed by atoms with van der Waals surface area (Å²) in [4.78, 5) is 13.6. The van der Waals surface area contributed by atoms with Crippen LogP contribution in [0.3, 0.4) is 0 Å². The average molecular weight is 417 g/mol. The first-order valence-corrected chi connectivity index (χ1v) is 9.87. The Balaban J connectivity index is 1.66. The van der Waals surface area contributed by atoms with Crippen molar-refractivity contribution in [2.24, 2.45) is 0 Å². The fourth-order valence-corrected chi connectivity index (χ4v) is 3.04. The van der Waals surface area contributed by atoms with E-state index in [1.165, 1.54) is 0 Å². The van der Waals surface area contributed by atoms with Gasteiger partial charge in [-0.25, -0.2) is 0 Å². The summed E-state index contributed by atoms with van der Waals surface area (Å²) < 4.78 is 0. The molecule has 0 fully saturated rings. The molecule has 0 spiro atoms. The molecule has 7 heteroatoms. The normalized spacial score (nSPS) is 10.5. The Morgan fingerprint density at radius 3 is 1.43 bits per heavy atom. The largest absolute Gasteiger partial charge is 0.324 e. The van der Waals surface area contributed by atoms with Crippen LogP contribution in [0.5, 0.6) is 0 Å². The van der Waals surface area contributed by atoms with Gasteiger partial charge in [-0.05, 0) is 73.5 Å². The minimum atomic E-state index is 0.414. The summed E-state index contributed by atoms with van der Waals surface area (Å²) in [6, 6.07) is 23.4. The predicted molar refractivity (Wildman–Crippen MR) is 123 cm³/mol. The molecule has 0 amide bonds. The lowest BCUT2D eigenvalue weighted by molar-refractivity contribution is 1.06. The highest BCUT2D eigenvalue weighted by atomic mass is 35.5. The van der Waals surface area contributed by atoms with Gasteiger partial charge in [-0.15, -0.1) is 0 Å². The van der Waals surface area contributed by atoms with E-state index in [1.54, 1.807) is 0 Å². The molecule has 30 heavy (non-hydrogen) atoms. The molecule has 0 unspecified atom stereocenters. The van der Waals surface area contributed by atoms with Crippen molar-refractivity contribution in [2.45, 2.75) is 13.8 Å². The van der Waals surface area contributed by atoms with Crippen molar-refractivity contribution in [3.63, 3.8) is 0 Å². The first-order chi connectivity index (χ1) is 14.5. The number of nitrogens with zero attached hydrogens (tertiary/aromatic N) is 3. The Labute approximate surface area is 180 Å². The molecule has 0 saturated carbocycles. The molecule has 0 saturated heterocycles. The highest BCUT2D eigenvalue weighted by Gasteiger charge is 2.09. The van der Waals surface area contributed by atoms with Gasteiger partial charge >= 0.3 is 0 Å². The van der Waals surface area contributed by atoms with Crippen molar-refractivity contribution in [1.82, 2.24) is 15.0 Å². The number of anilines is 6. The second-order valence-electron chi connectivity index (χ2n) is 6.93. The third kappa shape index (κ3) is 5.24. The second kappa shape index (κ2) is 8.80. The van der Waals surface area contributed by atoms with E-state index in [0.717, 1.165) is 28.2 Å². The summed E-state index contributed by atoms with van der Waals surface area (Å²) in [5.74, 6) is 1.28. The van der Waals surface area contributed by atoms with E-state index in [0.29, 0.717) is 22.9 Å². The van der Waals surface area contributed by atoms with Gasteiger partial charge in [0, 0.05) is 22.1 Å². The van der Waals surface area contributed by atoms with Gasteiger partial charge in [0.2, 0.25) is 17.8 Å². The molecule has 0 atom stereocenters. The molecule has 150 valence electrons. The summed E-state index contributed by atoms with van der Waals surface area (Å²) >= 11 is 5.98. The summed E-state index contributed by atoms with van der Waals surface area (Å²) in [7, 11) is 0. The van der Waals surface area contributed by atoms with Crippen LogP contribution in [-0.2, 0) is 0 Å². The third-order valence-electron chi connectivity index (χ3n) is 4.28. The first-order valence-electron chi connectivity index (χ1n) is 9.49. The Bertz CT molecular complexity index is 1090. The van der Waals surface area contributed by atoms with E-state index in [-0.39, 0.29) is 0 Å². The van der Waals surface area contributed by atoms with Crippen LogP contribution in [0.4, 0.5) is 34.9 Å². The van der Waals surface area contributed by atoms with Gasteiger partial charge in [0.1, 0.15) is 0 Å². The summed E-state index contributed by atoms with van der Waals surface area (Å²) in [6.07, 6.45) is 0. The number of halogens is 1. The number of rotatable bonds is 6. The quantitative estimate of drug-likeness (QED) is 0.339. The highest BCUT2D eigenvalue weighted by molar-refractivity contribution is 6.30. The molecule has 6 nitrogen and oxygen atoms in total. The zero-order valence-corrected chi connectivity index (χ0v) is 17.4. The summed E-state index contributed by atoms with van der Waals surface area (Å²) in [5, 5.41) is 10.4. The smallest absolute Gasteiger partial charge is 0.233 e. The van der Waals surface area contributed by atoms with E-state index >= 15 is 0 Å². The van der Waals surface area contributed by atoms with Crippen LogP contribution >= 0.6 is 11.6 Å². The topological polar surface area (TPSA) is 74.8 Å². The molecule has 0 bridgehead atoms. The lowest BCUT2D eigenvalue weighted by Crippen LogP contribution is -2.07. The van der Waals surface area contributed by atoms with Crippen molar-refractivity contribution in [3.05, 3.63) is 88.9 Å². The molecule has 1 heterocycles. The van der Waals surface area contributed by atoms with Crippen molar-refractivity contribution >= 4 is 46.5 Å². The Kier molecular flexibility index (Phi) is 5.77. The highest BCUT2D eigenvalue weighted by Crippen LogP contribution is 2.22. The second-order valence-corrected chi connectivity index (χ2v) is 7.36. The number of nitrogens with one attached hydrogen (secondary N) is 3. The Hall–Kier alpha value is -3.64. The number of benzene rings is 3. The zero-order valence-electron chi connectivity index (χ0n) is 16.6. The molecule has 4 aromatic rings. The molecule has 0 radical (unpaired) electrons. The monoisotopic (exact) mass is 416 g/mol. The number of hydrogen-bond donors (Lipinski definition) is 3. The SMILES string of the molecule is Cc1cccc(Nc2nc(Nc3ccc(Cl)cc3)nc(Nc3cccc(C)c3)n2)c1. The fraction of sp³-hybridized carbons (Fsp3) is 0.0870. The molecule has 3 N–H and O–H groups in total. The number of aryl methyl sites for hydroxylation is 2. The van der Waals surface area contributed by atoms with Crippen molar-refractivity contribution < 1.29 is 0 Å². The molecular formula is C23H21ClN6. The van der Waals surface area contributed by atoms with E-state index in [2.05, 4.69) is 30.9 Å². The maximum Gasteiger partial charge on any atom is 0.233 e. The molecule has 4 rings (SSSR count). The van der Waals surface area contributed by atoms with Crippen LogP contribution in [0.25, 0.3) is 0 Å². The fourth-order valence-electron chi connectivity index (χ4n) is 2.91.